The van der Waals surface area contributed by atoms with Crippen molar-refractivity contribution in [2.45, 2.75) is 12.8 Å². The van der Waals surface area contributed by atoms with Crippen LogP contribution in [0.2, 0.25) is 0 Å². The Bertz CT molecular complexity index is 314. The van der Waals surface area contributed by atoms with Gasteiger partial charge >= 0.3 is 0 Å². The van der Waals surface area contributed by atoms with Crippen molar-refractivity contribution >= 4 is 6.29 Å². The van der Waals surface area contributed by atoms with E-state index in [4.69, 9.17) is 0 Å². The van der Waals surface area contributed by atoms with Gasteiger partial charge in [0.2, 0.25) is 0 Å². The van der Waals surface area contributed by atoms with Crippen molar-refractivity contribution in [2.75, 3.05) is 7.11 Å². The third kappa shape index (κ3) is 2.28. The molecule has 0 spiro atoms. The Morgan fingerprint density at radius 1 is 1.36 bits per heavy atom. The van der Waals surface area contributed by atoms with Gasteiger partial charge in [-0.25, -0.2) is 8.78 Å². The molecular weight excluding hydrogens is 190 g/mol. The SMILES string of the molecule is COc1c(F)cc(CCC=O)cc1F. The van der Waals surface area contributed by atoms with Crippen LogP contribution in [-0.2, 0) is 11.2 Å². The highest BCUT2D eigenvalue weighted by Crippen LogP contribution is 2.23. The highest BCUT2D eigenvalue weighted by atomic mass is 19.1. The molecule has 4 heteroatoms. The largest absolute Gasteiger partial charge is 0.491 e. The van der Waals surface area contributed by atoms with Crippen LogP contribution in [0.15, 0.2) is 12.1 Å². The van der Waals surface area contributed by atoms with Crippen LogP contribution >= 0.6 is 0 Å². The van der Waals surface area contributed by atoms with E-state index in [0.29, 0.717) is 18.3 Å². The van der Waals surface area contributed by atoms with E-state index < -0.39 is 11.6 Å². The Kier molecular flexibility index (Phi) is 3.56. The Labute approximate surface area is 80.5 Å². The van der Waals surface area contributed by atoms with Gasteiger partial charge in [-0.2, -0.15) is 0 Å². The van der Waals surface area contributed by atoms with Gasteiger partial charge in [-0.05, 0) is 24.1 Å². The van der Waals surface area contributed by atoms with Gasteiger partial charge in [0.1, 0.15) is 6.29 Å². The molecule has 0 atom stereocenters. The van der Waals surface area contributed by atoms with Gasteiger partial charge in [-0.1, -0.05) is 0 Å². The van der Waals surface area contributed by atoms with Crippen LogP contribution in [0.25, 0.3) is 0 Å². The number of halogens is 2. The molecule has 0 unspecified atom stereocenters. The number of aryl methyl sites for hydroxylation is 1. The standard InChI is InChI=1S/C10H10F2O2/c1-14-10-8(11)5-7(3-2-4-13)6-9(10)12/h4-6H,2-3H2,1H3. The van der Waals surface area contributed by atoms with Crippen molar-refractivity contribution < 1.29 is 18.3 Å². The van der Waals surface area contributed by atoms with Crippen molar-refractivity contribution in [2.24, 2.45) is 0 Å². The van der Waals surface area contributed by atoms with Gasteiger partial charge in [-0.15, -0.1) is 0 Å². The number of methoxy groups -OCH3 is 1. The molecule has 1 aromatic rings. The summed E-state index contributed by atoms with van der Waals surface area (Å²) in [4.78, 5) is 10.1. The highest BCUT2D eigenvalue weighted by molar-refractivity contribution is 5.50. The van der Waals surface area contributed by atoms with Crippen LogP contribution < -0.4 is 4.74 Å². The predicted octanol–water partition coefficient (Wildman–Crippen LogP) is 2.10. The molecule has 0 saturated carbocycles. The molecule has 0 saturated heterocycles. The van der Waals surface area contributed by atoms with Crippen LogP contribution in [0.5, 0.6) is 5.75 Å². The maximum Gasteiger partial charge on any atom is 0.190 e. The molecule has 0 aliphatic rings. The second-order valence-corrected chi connectivity index (χ2v) is 2.80. The fourth-order valence-corrected chi connectivity index (χ4v) is 1.18. The van der Waals surface area contributed by atoms with E-state index in [9.17, 15) is 13.6 Å². The summed E-state index contributed by atoms with van der Waals surface area (Å²) in [6.45, 7) is 0. The molecule has 0 heterocycles. The molecule has 0 radical (unpaired) electrons. The maximum atomic E-state index is 13.1. The maximum absolute atomic E-state index is 13.1. The van der Waals surface area contributed by atoms with E-state index >= 15 is 0 Å². The van der Waals surface area contributed by atoms with Crippen molar-refractivity contribution in [3.8, 4) is 5.75 Å². The van der Waals surface area contributed by atoms with Gasteiger partial charge in [0.25, 0.3) is 0 Å². The Morgan fingerprint density at radius 3 is 2.36 bits per heavy atom. The molecule has 2 nitrogen and oxygen atoms in total. The highest BCUT2D eigenvalue weighted by Gasteiger charge is 2.10. The van der Waals surface area contributed by atoms with Crippen molar-refractivity contribution in [1.82, 2.24) is 0 Å². The molecule has 1 aromatic carbocycles. The zero-order chi connectivity index (χ0) is 10.6. The summed E-state index contributed by atoms with van der Waals surface area (Å²) in [6.07, 6.45) is 1.30. The molecule has 0 aromatic heterocycles. The molecule has 0 bridgehead atoms. The smallest absolute Gasteiger partial charge is 0.190 e. The summed E-state index contributed by atoms with van der Waals surface area (Å²) < 4.78 is 30.7. The quantitative estimate of drug-likeness (QED) is 0.696. The summed E-state index contributed by atoms with van der Waals surface area (Å²) in [5, 5.41) is 0. The first-order valence-electron chi connectivity index (χ1n) is 4.14. The normalized spacial score (nSPS) is 9.93. The van der Waals surface area contributed by atoms with Crippen LogP contribution in [0.3, 0.4) is 0 Å². The van der Waals surface area contributed by atoms with Gasteiger partial charge in [0.05, 0.1) is 7.11 Å². The van der Waals surface area contributed by atoms with E-state index in [-0.39, 0.29) is 12.2 Å². The lowest BCUT2D eigenvalue weighted by molar-refractivity contribution is -0.107. The van der Waals surface area contributed by atoms with Gasteiger partial charge in [0, 0.05) is 6.42 Å². The minimum Gasteiger partial charge on any atom is -0.491 e. The topological polar surface area (TPSA) is 26.3 Å². The zero-order valence-electron chi connectivity index (χ0n) is 7.72. The van der Waals surface area contributed by atoms with Gasteiger partial charge < -0.3 is 9.53 Å². The first-order chi connectivity index (χ1) is 6.69. The number of hydrogen-bond donors (Lipinski definition) is 0. The van der Waals surface area contributed by atoms with Crippen LogP contribution in [0, 0.1) is 11.6 Å². The number of carbonyl (C=O) groups excluding carboxylic acids is 1. The van der Waals surface area contributed by atoms with E-state index in [1.54, 1.807) is 0 Å². The van der Waals surface area contributed by atoms with E-state index in [1.807, 2.05) is 0 Å². The molecular formula is C10H10F2O2. The Morgan fingerprint density at radius 2 is 1.93 bits per heavy atom. The fourth-order valence-electron chi connectivity index (χ4n) is 1.18. The monoisotopic (exact) mass is 200 g/mol. The number of benzene rings is 1. The van der Waals surface area contributed by atoms with Crippen molar-refractivity contribution in [1.29, 1.82) is 0 Å². The number of carbonyl (C=O) groups is 1. The summed E-state index contributed by atoms with van der Waals surface area (Å²) in [7, 11) is 1.20. The van der Waals surface area contributed by atoms with E-state index in [0.717, 1.165) is 0 Å². The number of rotatable bonds is 4. The number of aldehydes is 1. The van der Waals surface area contributed by atoms with Crippen LogP contribution in [-0.4, -0.2) is 13.4 Å². The lowest BCUT2D eigenvalue weighted by atomic mass is 10.1. The molecule has 76 valence electrons. The first-order valence-corrected chi connectivity index (χ1v) is 4.14. The van der Waals surface area contributed by atoms with E-state index in [2.05, 4.69) is 4.74 Å². The van der Waals surface area contributed by atoms with Gasteiger partial charge in [-0.3, -0.25) is 0 Å². The van der Waals surface area contributed by atoms with E-state index in [1.165, 1.54) is 19.2 Å². The molecule has 14 heavy (non-hydrogen) atoms. The summed E-state index contributed by atoms with van der Waals surface area (Å²) in [5.41, 5.74) is 0.452. The fraction of sp³-hybridized carbons (Fsp3) is 0.300. The van der Waals surface area contributed by atoms with Gasteiger partial charge in [0.15, 0.2) is 17.4 Å². The number of ether oxygens (including phenoxy) is 1. The molecule has 0 amide bonds. The Balaban J connectivity index is 2.95. The third-order valence-corrected chi connectivity index (χ3v) is 1.81. The lowest BCUT2D eigenvalue weighted by Crippen LogP contribution is -1.96. The molecule has 0 N–H and O–H groups in total. The molecule has 1 rings (SSSR count). The minimum atomic E-state index is -0.742. The third-order valence-electron chi connectivity index (χ3n) is 1.81. The second kappa shape index (κ2) is 4.69. The van der Waals surface area contributed by atoms with Crippen molar-refractivity contribution in [3.05, 3.63) is 29.3 Å². The summed E-state index contributed by atoms with van der Waals surface area (Å²) >= 11 is 0. The predicted molar refractivity (Wildman–Crippen MR) is 47.3 cm³/mol. The van der Waals surface area contributed by atoms with Crippen molar-refractivity contribution in [3.63, 3.8) is 0 Å². The zero-order valence-corrected chi connectivity index (χ0v) is 7.72. The molecule has 0 aliphatic carbocycles. The summed E-state index contributed by atoms with van der Waals surface area (Å²) in [6, 6.07) is 2.34. The summed E-state index contributed by atoms with van der Waals surface area (Å²) in [5.74, 6) is -1.87. The average Bonchev–Trinajstić information content (AvgIpc) is 2.14. The average molecular weight is 200 g/mol. The van der Waals surface area contributed by atoms with Crippen LogP contribution in [0.4, 0.5) is 8.78 Å². The molecule has 0 aliphatic heterocycles. The Hall–Kier alpha value is -1.45. The van der Waals surface area contributed by atoms with Crippen LogP contribution in [0.1, 0.15) is 12.0 Å². The lowest BCUT2D eigenvalue weighted by Gasteiger charge is -2.05. The minimum absolute atomic E-state index is 0.255. The number of hydrogen-bond acceptors (Lipinski definition) is 2. The second-order valence-electron chi connectivity index (χ2n) is 2.80. The first kappa shape index (κ1) is 10.6. The molecule has 0 fully saturated rings.